The summed E-state index contributed by atoms with van der Waals surface area (Å²) in [5.41, 5.74) is 2.28. The summed E-state index contributed by atoms with van der Waals surface area (Å²) in [6.45, 7) is 7.10. The highest BCUT2D eigenvalue weighted by molar-refractivity contribution is 7.80. The summed E-state index contributed by atoms with van der Waals surface area (Å²) in [5.74, 6) is 2.94. The number of carbonyl (C=O) groups is 1. The van der Waals surface area contributed by atoms with Crippen LogP contribution in [0.15, 0.2) is 70.8 Å². The molecule has 0 saturated carbocycles. The van der Waals surface area contributed by atoms with E-state index >= 15 is 0 Å². The van der Waals surface area contributed by atoms with E-state index in [1.165, 1.54) is 10.5 Å². The Morgan fingerprint density at radius 1 is 1.00 bits per heavy atom. The van der Waals surface area contributed by atoms with Crippen LogP contribution in [0.1, 0.15) is 43.8 Å². The molecule has 1 saturated heterocycles. The molecule has 0 unspecified atom stereocenters. The zero-order valence-corrected chi connectivity index (χ0v) is 19.6. The maximum absolute atomic E-state index is 12.9. The third-order valence-electron chi connectivity index (χ3n) is 5.18. The number of nitrogens with zero attached hydrogens (tertiary/aromatic N) is 1. The lowest BCUT2D eigenvalue weighted by molar-refractivity contribution is -0.113. The molecule has 3 aromatic rings. The first kappa shape index (κ1) is 22.6. The molecule has 0 bridgehead atoms. The average molecular weight is 463 g/mol. The lowest BCUT2D eigenvalue weighted by atomic mass is 10.0. The number of benzene rings is 2. The molecule has 7 heteroatoms. The lowest BCUT2D eigenvalue weighted by Gasteiger charge is -2.14. The zero-order valence-electron chi connectivity index (χ0n) is 18.8. The summed E-state index contributed by atoms with van der Waals surface area (Å²) in [7, 11) is 0. The van der Waals surface area contributed by atoms with Gasteiger partial charge in [0.25, 0.3) is 5.91 Å². The minimum Gasteiger partial charge on any atom is -0.494 e. The molecule has 4 rings (SSSR count). The van der Waals surface area contributed by atoms with Crippen molar-refractivity contribution >= 4 is 35.0 Å². The molecule has 0 atom stereocenters. The summed E-state index contributed by atoms with van der Waals surface area (Å²) in [5, 5.41) is 3.28. The number of furan rings is 1. The normalized spacial score (nSPS) is 14.8. The molecule has 2 aromatic carbocycles. The molecule has 1 N–H and O–H groups in total. The maximum Gasteiger partial charge on any atom is 0.281 e. The van der Waals surface area contributed by atoms with Gasteiger partial charge in [-0.2, -0.15) is 0 Å². The summed E-state index contributed by atoms with van der Waals surface area (Å²) < 4.78 is 17.1. The first-order valence-electron chi connectivity index (χ1n) is 10.9. The molecule has 1 aromatic heterocycles. The second kappa shape index (κ2) is 9.92. The fourth-order valence-electron chi connectivity index (χ4n) is 3.42. The zero-order chi connectivity index (χ0) is 23.4. The minimum absolute atomic E-state index is 0.247. The topological polar surface area (TPSA) is 63.9 Å². The molecule has 1 aliphatic heterocycles. The van der Waals surface area contributed by atoms with Gasteiger partial charge in [0.15, 0.2) is 5.11 Å². The molecule has 2 heterocycles. The van der Waals surface area contributed by atoms with Crippen molar-refractivity contribution < 1.29 is 18.7 Å². The Balaban J connectivity index is 1.41. The van der Waals surface area contributed by atoms with E-state index in [9.17, 15) is 4.79 Å². The molecule has 0 radical (unpaired) electrons. The van der Waals surface area contributed by atoms with Crippen LogP contribution >= 0.6 is 12.2 Å². The molecule has 1 fully saturated rings. The Kier molecular flexibility index (Phi) is 6.79. The second-order valence-corrected chi connectivity index (χ2v) is 8.26. The van der Waals surface area contributed by atoms with Crippen molar-refractivity contribution in [3.63, 3.8) is 0 Å². The smallest absolute Gasteiger partial charge is 0.281 e. The van der Waals surface area contributed by atoms with Crippen LogP contribution in [-0.4, -0.2) is 17.6 Å². The van der Waals surface area contributed by atoms with E-state index in [2.05, 4.69) is 31.3 Å². The number of anilines is 1. The van der Waals surface area contributed by atoms with E-state index < -0.39 is 0 Å². The third kappa shape index (κ3) is 5.26. The van der Waals surface area contributed by atoms with Gasteiger partial charge < -0.3 is 19.2 Å². The molecule has 6 nitrogen and oxygen atoms in total. The van der Waals surface area contributed by atoms with Crippen LogP contribution in [0, 0.1) is 0 Å². The number of amides is 1. The lowest BCUT2D eigenvalue weighted by Crippen LogP contribution is -2.30. The van der Waals surface area contributed by atoms with Gasteiger partial charge in [-0.3, -0.25) is 9.69 Å². The summed E-state index contributed by atoms with van der Waals surface area (Å²) in [6, 6.07) is 18.9. The van der Waals surface area contributed by atoms with Crippen LogP contribution in [0.3, 0.4) is 0 Å². The largest absolute Gasteiger partial charge is 0.494 e. The van der Waals surface area contributed by atoms with Crippen molar-refractivity contribution in [2.24, 2.45) is 0 Å². The molecule has 1 aliphatic rings. The van der Waals surface area contributed by atoms with E-state index in [1.807, 2.05) is 37.3 Å². The molecule has 0 spiro atoms. The van der Waals surface area contributed by atoms with Crippen LogP contribution in [0.5, 0.6) is 11.5 Å². The second-order valence-electron chi connectivity index (χ2n) is 7.87. The van der Waals surface area contributed by atoms with Gasteiger partial charge >= 0.3 is 0 Å². The molecular weight excluding hydrogens is 436 g/mol. The van der Waals surface area contributed by atoms with Crippen molar-refractivity contribution in [1.29, 1.82) is 0 Å². The van der Waals surface area contributed by atoms with E-state index in [-0.39, 0.29) is 5.91 Å². The number of nitrogens with one attached hydrogen (secondary N) is 1. The Morgan fingerprint density at radius 3 is 2.33 bits per heavy atom. The van der Waals surface area contributed by atoms with Crippen molar-refractivity contribution in [2.75, 3.05) is 11.5 Å². The quantitative estimate of drug-likeness (QED) is 0.345. The van der Waals surface area contributed by atoms with Gasteiger partial charge in [-0.25, -0.2) is 0 Å². The molecular formula is C26H26N2O4S. The van der Waals surface area contributed by atoms with Crippen molar-refractivity contribution in [3.05, 3.63) is 83.4 Å². The monoisotopic (exact) mass is 462 g/mol. The van der Waals surface area contributed by atoms with Crippen LogP contribution in [0.25, 0.3) is 6.08 Å². The predicted molar refractivity (Wildman–Crippen MR) is 132 cm³/mol. The fraction of sp³-hybridized carbons (Fsp3) is 0.231. The van der Waals surface area contributed by atoms with Gasteiger partial charge in [0.1, 0.15) is 35.3 Å². The number of rotatable bonds is 8. The summed E-state index contributed by atoms with van der Waals surface area (Å²) in [6.07, 6.45) is 1.64. The Morgan fingerprint density at radius 2 is 1.67 bits per heavy atom. The van der Waals surface area contributed by atoms with Gasteiger partial charge in [0.05, 0.1) is 12.3 Å². The van der Waals surface area contributed by atoms with Gasteiger partial charge in [-0.05, 0) is 79.2 Å². The highest BCUT2D eigenvalue weighted by Crippen LogP contribution is 2.25. The molecule has 0 aliphatic carbocycles. The van der Waals surface area contributed by atoms with E-state index in [1.54, 1.807) is 24.3 Å². The molecule has 170 valence electrons. The maximum atomic E-state index is 12.9. The van der Waals surface area contributed by atoms with Crippen molar-refractivity contribution in [3.8, 4) is 11.5 Å². The van der Waals surface area contributed by atoms with Crippen LogP contribution in [-0.2, 0) is 11.4 Å². The van der Waals surface area contributed by atoms with E-state index in [0.717, 1.165) is 11.5 Å². The first-order valence-corrected chi connectivity index (χ1v) is 11.3. The van der Waals surface area contributed by atoms with Gasteiger partial charge in [0, 0.05) is 6.08 Å². The minimum atomic E-state index is -0.247. The number of ether oxygens (including phenoxy) is 2. The van der Waals surface area contributed by atoms with Crippen LogP contribution < -0.4 is 19.7 Å². The number of hydrogen-bond donors (Lipinski definition) is 1. The van der Waals surface area contributed by atoms with E-state index in [4.69, 9.17) is 26.1 Å². The predicted octanol–water partition coefficient (Wildman–Crippen LogP) is 5.64. The third-order valence-corrected chi connectivity index (χ3v) is 5.47. The average Bonchev–Trinajstić information content (AvgIpc) is 3.37. The fourth-order valence-corrected chi connectivity index (χ4v) is 3.72. The summed E-state index contributed by atoms with van der Waals surface area (Å²) in [4.78, 5) is 14.4. The van der Waals surface area contributed by atoms with Gasteiger partial charge in [-0.1, -0.05) is 26.0 Å². The first-order chi connectivity index (χ1) is 15.9. The van der Waals surface area contributed by atoms with Crippen molar-refractivity contribution in [2.45, 2.75) is 33.3 Å². The van der Waals surface area contributed by atoms with Crippen LogP contribution in [0.2, 0.25) is 0 Å². The number of carbonyl (C=O) groups excluding carboxylic acids is 1. The highest BCUT2D eigenvalue weighted by Gasteiger charge is 2.32. The number of hydrogen-bond acceptors (Lipinski definition) is 5. The summed E-state index contributed by atoms with van der Waals surface area (Å²) >= 11 is 5.37. The highest BCUT2D eigenvalue weighted by atomic mass is 32.1. The van der Waals surface area contributed by atoms with Crippen LogP contribution in [0.4, 0.5) is 5.69 Å². The number of thiocarbonyl (C=S) groups is 1. The Bertz CT molecular complexity index is 1160. The Hall–Kier alpha value is -3.58. The Labute approximate surface area is 198 Å². The van der Waals surface area contributed by atoms with Gasteiger partial charge in [0.2, 0.25) is 0 Å². The standard InChI is InChI=1S/C26H26N2O4S/c1-4-30-20-11-7-19(8-12-20)28-25(29)24(27-26(28)33)15-22-13-14-23(32-22)16-31-21-9-5-18(6-10-21)17(2)3/h5-15,17H,4,16H2,1-3H3,(H,27,33)/b24-15+. The van der Waals surface area contributed by atoms with E-state index in [0.29, 0.717) is 47.1 Å². The molecule has 33 heavy (non-hydrogen) atoms. The molecule has 1 amide bonds. The SMILES string of the molecule is CCOc1ccc(N2C(=O)/C(=C\c3ccc(COc4ccc(C(C)C)cc4)o3)NC2=S)cc1. The van der Waals surface area contributed by atoms with Crippen molar-refractivity contribution in [1.82, 2.24) is 5.32 Å². The van der Waals surface area contributed by atoms with Gasteiger partial charge in [-0.15, -0.1) is 0 Å².